The molecule has 0 radical (unpaired) electrons. The van der Waals surface area contributed by atoms with Crippen LogP contribution in [0.5, 0.6) is 0 Å². The van der Waals surface area contributed by atoms with E-state index in [0.717, 1.165) is 32.1 Å². The summed E-state index contributed by atoms with van der Waals surface area (Å²) in [6.07, 6.45) is 0.937. The topological polar surface area (TPSA) is 54.9 Å². The summed E-state index contributed by atoms with van der Waals surface area (Å²) in [4.78, 5) is 4.27. The minimum absolute atomic E-state index is 0. The first-order valence-corrected chi connectivity index (χ1v) is 8.17. The second kappa shape index (κ2) is 13.4. The van der Waals surface area contributed by atoms with Gasteiger partial charge in [-0.1, -0.05) is 44.2 Å². The number of hydrogen-bond donors (Lipinski definition) is 2. The lowest BCUT2D eigenvalue weighted by molar-refractivity contribution is 0.0698. The molecular weight excluding hydrogens is 417 g/mol. The van der Waals surface area contributed by atoms with Crippen molar-refractivity contribution in [3.05, 3.63) is 35.9 Å². The smallest absolute Gasteiger partial charge is 0.191 e. The van der Waals surface area contributed by atoms with E-state index in [-0.39, 0.29) is 29.4 Å². The highest BCUT2D eigenvalue weighted by molar-refractivity contribution is 14.0. The fraction of sp³-hybridized carbons (Fsp3) is 0.611. The monoisotopic (exact) mass is 449 g/mol. The van der Waals surface area contributed by atoms with Gasteiger partial charge in [-0.3, -0.25) is 4.99 Å². The van der Waals surface area contributed by atoms with Gasteiger partial charge in [0.25, 0.3) is 0 Å². The average molecular weight is 449 g/mol. The Morgan fingerprint density at radius 3 is 2.42 bits per heavy atom. The van der Waals surface area contributed by atoms with Gasteiger partial charge >= 0.3 is 0 Å². The Morgan fingerprint density at radius 1 is 1.08 bits per heavy atom. The van der Waals surface area contributed by atoms with Crippen molar-refractivity contribution in [1.82, 2.24) is 10.6 Å². The number of hydrogen-bond acceptors (Lipinski definition) is 3. The van der Waals surface area contributed by atoms with Gasteiger partial charge in [0, 0.05) is 39.3 Å². The molecule has 1 aromatic carbocycles. The van der Waals surface area contributed by atoms with Crippen molar-refractivity contribution >= 4 is 29.9 Å². The zero-order chi connectivity index (χ0) is 17.0. The van der Waals surface area contributed by atoms with Crippen LogP contribution in [0, 0.1) is 0 Å². The lowest BCUT2D eigenvalue weighted by Gasteiger charge is -2.26. The lowest BCUT2D eigenvalue weighted by atomic mass is 9.85. The van der Waals surface area contributed by atoms with E-state index in [9.17, 15) is 0 Å². The molecule has 0 heterocycles. The molecule has 0 aliphatic heterocycles. The number of nitrogens with zero attached hydrogens (tertiary/aromatic N) is 1. The summed E-state index contributed by atoms with van der Waals surface area (Å²) in [6.45, 7) is 8.13. The molecule has 138 valence electrons. The van der Waals surface area contributed by atoms with Gasteiger partial charge < -0.3 is 20.1 Å². The first kappa shape index (κ1) is 23.1. The summed E-state index contributed by atoms with van der Waals surface area (Å²) >= 11 is 0. The van der Waals surface area contributed by atoms with E-state index >= 15 is 0 Å². The van der Waals surface area contributed by atoms with Crippen LogP contribution in [0.1, 0.15) is 25.8 Å². The molecule has 1 rings (SSSR count). The zero-order valence-corrected chi connectivity index (χ0v) is 17.6. The second-order valence-corrected chi connectivity index (χ2v) is 6.06. The Hall–Kier alpha value is -0.860. The van der Waals surface area contributed by atoms with Crippen LogP contribution in [-0.4, -0.2) is 53.0 Å². The second-order valence-electron chi connectivity index (χ2n) is 6.06. The predicted molar refractivity (Wildman–Crippen MR) is 112 cm³/mol. The number of nitrogens with one attached hydrogen (secondary N) is 2. The van der Waals surface area contributed by atoms with Crippen LogP contribution in [-0.2, 0) is 14.9 Å². The summed E-state index contributed by atoms with van der Waals surface area (Å²) in [5, 5.41) is 6.71. The van der Waals surface area contributed by atoms with Crippen molar-refractivity contribution in [3.63, 3.8) is 0 Å². The summed E-state index contributed by atoms with van der Waals surface area (Å²) in [5.41, 5.74) is 1.36. The molecule has 0 aromatic heterocycles. The molecule has 0 aliphatic carbocycles. The van der Waals surface area contributed by atoms with Crippen molar-refractivity contribution in [3.8, 4) is 0 Å². The number of aliphatic imine (C=N–C) groups is 1. The Labute approximate surface area is 163 Å². The summed E-state index contributed by atoms with van der Waals surface area (Å²) < 4.78 is 10.4. The SMILES string of the molecule is CN=C(NCCCOCCOC)NCC(C)(C)c1ccccc1.I. The molecule has 6 heteroatoms. The highest BCUT2D eigenvalue weighted by Gasteiger charge is 2.20. The third-order valence-corrected chi connectivity index (χ3v) is 3.67. The van der Waals surface area contributed by atoms with Gasteiger partial charge in [0.05, 0.1) is 13.2 Å². The Kier molecular flexibility index (Phi) is 13.0. The van der Waals surface area contributed by atoms with Crippen molar-refractivity contribution in [2.24, 2.45) is 4.99 Å². The molecule has 0 amide bonds. The molecule has 1 aromatic rings. The van der Waals surface area contributed by atoms with Crippen molar-refractivity contribution < 1.29 is 9.47 Å². The Balaban J connectivity index is 0.00000529. The molecule has 0 fully saturated rings. The van der Waals surface area contributed by atoms with Crippen LogP contribution < -0.4 is 10.6 Å². The molecular formula is C18H32IN3O2. The van der Waals surface area contributed by atoms with Crippen molar-refractivity contribution in [2.75, 3.05) is 47.1 Å². The molecule has 0 aliphatic rings. The van der Waals surface area contributed by atoms with E-state index in [1.807, 2.05) is 6.07 Å². The summed E-state index contributed by atoms with van der Waals surface area (Å²) in [5.74, 6) is 0.825. The highest BCUT2D eigenvalue weighted by Crippen LogP contribution is 2.21. The predicted octanol–water partition coefficient (Wildman–Crippen LogP) is 2.80. The highest BCUT2D eigenvalue weighted by atomic mass is 127. The van der Waals surface area contributed by atoms with Gasteiger partial charge in [-0.2, -0.15) is 0 Å². The maximum atomic E-state index is 5.44. The van der Waals surface area contributed by atoms with Crippen molar-refractivity contribution in [1.29, 1.82) is 0 Å². The Bertz CT molecular complexity index is 453. The van der Waals surface area contributed by atoms with Crippen LogP contribution >= 0.6 is 24.0 Å². The molecule has 0 bridgehead atoms. The van der Waals surface area contributed by atoms with Gasteiger partial charge in [-0.15, -0.1) is 24.0 Å². The number of methoxy groups -OCH3 is 1. The lowest BCUT2D eigenvalue weighted by Crippen LogP contribution is -2.43. The fourth-order valence-electron chi connectivity index (χ4n) is 2.14. The number of ether oxygens (including phenoxy) is 2. The van der Waals surface area contributed by atoms with Crippen LogP contribution in [0.3, 0.4) is 0 Å². The van der Waals surface area contributed by atoms with E-state index in [0.29, 0.717) is 13.2 Å². The van der Waals surface area contributed by atoms with Crippen molar-refractivity contribution in [2.45, 2.75) is 25.7 Å². The molecule has 0 saturated heterocycles. The minimum atomic E-state index is 0. The molecule has 0 atom stereocenters. The molecule has 0 spiro atoms. The molecule has 0 saturated carbocycles. The first-order valence-electron chi connectivity index (χ1n) is 8.17. The van der Waals surface area contributed by atoms with E-state index in [2.05, 4.69) is 53.7 Å². The van der Waals surface area contributed by atoms with E-state index in [1.165, 1.54) is 5.56 Å². The van der Waals surface area contributed by atoms with Gasteiger partial charge in [-0.25, -0.2) is 0 Å². The van der Waals surface area contributed by atoms with Gasteiger partial charge in [0.15, 0.2) is 5.96 Å². The molecule has 24 heavy (non-hydrogen) atoms. The number of halogens is 1. The van der Waals surface area contributed by atoms with Crippen LogP contribution in [0.15, 0.2) is 35.3 Å². The van der Waals surface area contributed by atoms with Gasteiger partial charge in [0.1, 0.15) is 0 Å². The number of guanidine groups is 1. The maximum absolute atomic E-state index is 5.44. The summed E-state index contributed by atoms with van der Waals surface area (Å²) in [6, 6.07) is 10.5. The third kappa shape index (κ3) is 9.44. The van der Waals surface area contributed by atoms with Gasteiger partial charge in [0.2, 0.25) is 0 Å². The standard InChI is InChI=1S/C18H31N3O2.HI/c1-18(2,16-9-6-5-7-10-16)15-21-17(19-3)20-11-8-12-23-14-13-22-4;/h5-7,9-10H,8,11-15H2,1-4H3,(H2,19,20,21);1H. The quantitative estimate of drug-likeness (QED) is 0.250. The first-order chi connectivity index (χ1) is 11.1. The average Bonchev–Trinajstić information content (AvgIpc) is 2.57. The zero-order valence-electron chi connectivity index (χ0n) is 15.3. The Morgan fingerprint density at radius 2 is 1.79 bits per heavy atom. The van der Waals surface area contributed by atoms with Crippen LogP contribution in [0.2, 0.25) is 0 Å². The van der Waals surface area contributed by atoms with Gasteiger partial charge in [-0.05, 0) is 12.0 Å². The summed E-state index contributed by atoms with van der Waals surface area (Å²) in [7, 11) is 3.47. The maximum Gasteiger partial charge on any atom is 0.191 e. The molecule has 0 unspecified atom stereocenters. The number of rotatable bonds is 10. The fourth-order valence-corrected chi connectivity index (χ4v) is 2.14. The minimum Gasteiger partial charge on any atom is -0.382 e. The van der Waals surface area contributed by atoms with E-state index < -0.39 is 0 Å². The van der Waals surface area contributed by atoms with Crippen LogP contribution in [0.25, 0.3) is 0 Å². The molecule has 2 N–H and O–H groups in total. The number of benzene rings is 1. The van der Waals surface area contributed by atoms with E-state index in [1.54, 1.807) is 14.2 Å². The third-order valence-electron chi connectivity index (χ3n) is 3.67. The largest absolute Gasteiger partial charge is 0.382 e. The normalized spacial score (nSPS) is 11.8. The van der Waals surface area contributed by atoms with Crippen LogP contribution in [0.4, 0.5) is 0 Å². The van der Waals surface area contributed by atoms with E-state index in [4.69, 9.17) is 9.47 Å². The molecule has 5 nitrogen and oxygen atoms in total.